The molecule has 118 valence electrons. The van der Waals surface area contributed by atoms with Crippen LogP contribution < -0.4 is 5.32 Å². The summed E-state index contributed by atoms with van der Waals surface area (Å²) in [7, 11) is 0. The molecule has 0 atom stereocenters. The number of urea groups is 1. The number of aliphatic carboxylic acids is 1. The number of carbonyl (C=O) groups excluding carboxylic acids is 2. The van der Waals surface area contributed by atoms with Crippen molar-refractivity contribution in [3.8, 4) is 0 Å². The maximum absolute atomic E-state index is 12.4. The zero-order chi connectivity index (χ0) is 15.5. The second-order valence-corrected chi connectivity index (χ2v) is 5.53. The number of nitrogens with zero attached hydrogens (tertiary/aromatic N) is 2. The number of hydrogen-bond donors (Lipinski definition) is 3. The lowest BCUT2D eigenvalue weighted by atomic mass is 9.87. The molecule has 3 amide bonds. The van der Waals surface area contributed by atoms with Gasteiger partial charge < -0.3 is 20.4 Å². The first-order valence-corrected chi connectivity index (χ1v) is 7.17. The van der Waals surface area contributed by atoms with Gasteiger partial charge in [0.05, 0.1) is 6.42 Å². The zero-order valence-electron chi connectivity index (χ0n) is 11.9. The Labute approximate surface area is 122 Å². The topological polar surface area (TPSA) is 110 Å². The van der Waals surface area contributed by atoms with Crippen LogP contribution in [-0.4, -0.2) is 76.2 Å². The van der Waals surface area contributed by atoms with Crippen LogP contribution in [0.2, 0.25) is 0 Å². The summed E-state index contributed by atoms with van der Waals surface area (Å²) in [6.07, 6.45) is 1.50. The van der Waals surface area contributed by atoms with Crippen LogP contribution >= 0.6 is 0 Å². The highest BCUT2D eigenvalue weighted by molar-refractivity contribution is 6.07. The van der Waals surface area contributed by atoms with Crippen LogP contribution in [0.5, 0.6) is 0 Å². The van der Waals surface area contributed by atoms with E-state index < -0.39 is 17.5 Å². The Balaban J connectivity index is 1.94. The molecule has 2 aliphatic rings. The molecule has 0 bridgehead atoms. The average molecular weight is 299 g/mol. The summed E-state index contributed by atoms with van der Waals surface area (Å²) < 4.78 is 0. The van der Waals surface area contributed by atoms with Crippen LogP contribution in [0.3, 0.4) is 0 Å². The molecule has 8 nitrogen and oxygen atoms in total. The zero-order valence-corrected chi connectivity index (χ0v) is 11.9. The van der Waals surface area contributed by atoms with Crippen molar-refractivity contribution in [1.29, 1.82) is 0 Å². The summed E-state index contributed by atoms with van der Waals surface area (Å²) in [6, 6.07) is -0.495. The van der Waals surface area contributed by atoms with Crippen molar-refractivity contribution in [2.24, 2.45) is 0 Å². The highest BCUT2D eigenvalue weighted by Crippen LogP contribution is 2.29. The molecule has 0 aromatic carbocycles. The quantitative estimate of drug-likeness (QED) is 0.556. The summed E-state index contributed by atoms with van der Waals surface area (Å²) in [6.45, 7) is 2.19. The number of carboxylic acids is 1. The standard InChI is InChI=1S/C13H21N3O5/c17-9-1-5-15-7-3-13(4-8-15)11(20)16(12(21)14-13)6-2-10(18)19/h17H,1-9H2,(H,14,21)(H,18,19). The molecule has 0 aromatic rings. The van der Waals surface area contributed by atoms with Gasteiger partial charge in [-0.05, 0) is 19.3 Å². The predicted molar refractivity (Wildman–Crippen MR) is 72.6 cm³/mol. The summed E-state index contributed by atoms with van der Waals surface area (Å²) in [4.78, 5) is 38.0. The monoisotopic (exact) mass is 299 g/mol. The van der Waals surface area contributed by atoms with Crippen molar-refractivity contribution in [2.45, 2.75) is 31.2 Å². The number of aliphatic hydroxyl groups is 1. The van der Waals surface area contributed by atoms with E-state index in [0.29, 0.717) is 32.4 Å². The van der Waals surface area contributed by atoms with Crippen LogP contribution in [0, 0.1) is 0 Å². The molecule has 0 saturated carbocycles. The van der Waals surface area contributed by atoms with Crippen molar-refractivity contribution in [3.63, 3.8) is 0 Å². The minimum atomic E-state index is -1.03. The third-order valence-electron chi connectivity index (χ3n) is 4.14. The van der Waals surface area contributed by atoms with Gasteiger partial charge in [-0.25, -0.2) is 4.79 Å². The summed E-state index contributed by atoms with van der Waals surface area (Å²) in [5.74, 6) is -1.34. The van der Waals surface area contributed by atoms with E-state index in [0.717, 1.165) is 11.4 Å². The van der Waals surface area contributed by atoms with Crippen molar-refractivity contribution < 1.29 is 24.6 Å². The molecule has 2 fully saturated rings. The maximum Gasteiger partial charge on any atom is 0.325 e. The second-order valence-electron chi connectivity index (χ2n) is 5.53. The van der Waals surface area contributed by atoms with Gasteiger partial charge in [-0.2, -0.15) is 0 Å². The first-order valence-electron chi connectivity index (χ1n) is 7.17. The van der Waals surface area contributed by atoms with Crippen LogP contribution in [-0.2, 0) is 9.59 Å². The molecule has 0 unspecified atom stereocenters. The fourth-order valence-corrected chi connectivity index (χ4v) is 2.88. The van der Waals surface area contributed by atoms with E-state index in [1.165, 1.54) is 0 Å². The molecule has 0 aliphatic carbocycles. The third-order valence-corrected chi connectivity index (χ3v) is 4.14. The van der Waals surface area contributed by atoms with E-state index in [2.05, 4.69) is 10.2 Å². The first-order chi connectivity index (χ1) is 9.98. The molecule has 3 N–H and O–H groups in total. The number of piperidine rings is 1. The maximum atomic E-state index is 12.4. The number of carboxylic acid groups (broad SMARTS) is 1. The van der Waals surface area contributed by atoms with Crippen molar-refractivity contribution in [1.82, 2.24) is 15.1 Å². The second kappa shape index (κ2) is 6.40. The Morgan fingerprint density at radius 1 is 1.24 bits per heavy atom. The molecule has 8 heteroatoms. The molecule has 2 saturated heterocycles. The summed E-state index contributed by atoms with van der Waals surface area (Å²) in [5.41, 5.74) is -0.870. The smallest absolute Gasteiger partial charge is 0.325 e. The fourth-order valence-electron chi connectivity index (χ4n) is 2.88. The molecule has 1 spiro atoms. The fraction of sp³-hybridized carbons (Fsp3) is 0.769. The molecule has 0 radical (unpaired) electrons. The minimum Gasteiger partial charge on any atom is -0.481 e. The van der Waals surface area contributed by atoms with E-state index in [4.69, 9.17) is 10.2 Å². The van der Waals surface area contributed by atoms with Crippen LogP contribution in [0.15, 0.2) is 0 Å². The highest BCUT2D eigenvalue weighted by atomic mass is 16.4. The predicted octanol–water partition coefficient (Wildman–Crippen LogP) is -0.770. The number of amides is 3. The van der Waals surface area contributed by atoms with Crippen LogP contribution in [0.25, 0.3) is 0 Å². The molecule has 2 heterocycles. The lowest BCUT2D eigenvalue weighted by molar-refractivity contribution is -0.138. The molecular formula is C13H21N3O5. The normalized spacial score (nSPS) is 21.9. The SMILES string of the molecule is O=C(O)CCN1C(=O)NC2(CCN(CCCO)CC2)C1=O. The number of imide groups is 1. The van der Waals surface area contributed by atoms with E-state index in [-0.39, 0.29) is 25.5 Å². The lowest BCUT2D eigenvalue weighted by Crippen LogP contribution is -2.55. The van der Waals surface area contributed by atoms with Gasteiger partial charge in [-0.1, -0.05) is 0 Å². The van der Waals surface area contributed by atoms with Crippen molar-refractivity contribution >= 4 is 17.9 Å². The van der Waals surface area contributed by atoms with Crippen molar-refractivity contribution in [2.75, 3.05) is 32.8 Å². The Morgan fingerprint density at radius 2 is 1.90 bits per heavy atom. The van der Waals surface area contributed by atoms with Gasteiger partial charge in [0.25, 0.3) is 5.91 Å². The molecular weight excluding hydrogens is 278 g/mol. The number of rotatable bonds is 6. The van der Waals surface area contributed by atoms with Gasteiger partial charge in [0.1, 0.15) is 5.54 Å². The van der Waals surface area contributed by atoms with Gasteiger partial charge in [0.2, 0.25) is 0 Å². The van der Waals surface area contributed by atoms with E-state index in [9.17, 15) is 14.4 Å². The molecule has 2 rings (SSSR count). The van der Waals surface area contributed by atoms with Gasteiger partial charge in [0.15, 0.2) is 0 Å². The van der Waals surface area contributed by atoms with Gasteiger partial charge in [-0.3, -0.25) is 14.5 Å². The molecule has 21 heavy (non-hydrogen) atoms. The third kappa shape index (κ3) is 3.33. The van der Waals surface area contributed by atoms with Crippen LogP contribution in [0.4, 0.5) is 4.79 Å². The largest absolute Gasteiger partial charge is 0.481 e. The minimum absolute atomic E-state index is 0.0873. The Kier molecular flexibility index (Phi) is 4.79. The first kappa shape index (κ1) is 15.7. The Bertz CT molecular complexity index is 432. The van der Waals surface area contributed by atoms with E-state index in [1.807, 2.05) is 0 Å². The van der Waals surface area contributed by atoms with Crippen LogP contribution in [0.1, 0.15) is 25.7 Å². The molecule has 2 aliphatic heterocycles. The van der Waals surface area contributed by atoms with E-state index >= 15 is 0 Å². The van der Waals surface area contributed by atoms with Gasteiger partial charge in [-0.15, -0.1) is 0 Å². The summed E-state index contributed by atoms with van der Waals surface area (Å²) >= 11 is 0. The highest BCUT2D eigenvalue weighted by Gasteiger charge is 2.52. The number of aliphatic hydroxyl groups excluding tert-OH is 1. The lowest BCUT2D eigenvalue weighted by Gasteiger charge is -2.37. The number of carbonyl (C=O) groups is 3. The number of nitrogens with one attached hydrogen (secondary N) is 1. The summed E-state index contributed by atoms with van der Waals surface area (Å²) in [5, 5.41) is 20.2. The Morgan fingerprint density at radius 3 is 2.48 bits per heavy atom. The molecule has 0 aromatic heterocycles. The van der Waals surface area contributed by atoms with E-state index in [1.54, 1.807) is 0 Å². The van der Waals surface area contributed by atoms with Gasteiger partial charge in [0, 0.05) is 32.8 Å². The number of likely N-dealkylation sites (tertiary alicyclic amines) is 1. The average Bonchev–Trinajstić information content (AvgIpc) is 2.67. The van der Waals surface area contributed by atoms with Gasteiger partial charge >= 0.3 is 12.0 Å². The number of hydrogen-bond acceptors (Lipinski definition) is 5. The van der Waals surface area contributed by atoms with Crippen molar-refractivity contribution in [3.05, 3.63) is 0 Å². The Hall–Kier alpha value is -1.67.